The first-order chi connectivity index (χ1) is 14.9. The van der Waals surface area contributed by atoms with Gasteiger partial charge in [-0.05, 0) is 43.8 Å². The van der Waals surface area contributed by atoms with Crippen LogP contribution in [0.5, 0.6) is 0 Å². The van der Waals surface area contributed by atoms with Crippen LogP contribution in [0.3, 0.4) is 0 Å². The van der Waals surface area contributed by atoms with Crippen LogP contribution < -0.4 is 5.32 Å². The number of nitrogens with zero attached hydrogens (tertiary/aromatic N) is 3. The first kappa shape index (κ1) is 23.5. The third-order valence-electron chi connectivity index (χ3n) is 5.25. The SMILES string of the molecule is CN(CCCNC(=O)N1CCN(S(=O)(=O)c2cccc(Cl)c2)CC1)Cc1ccccc1. The van der Waals surface area contributed by atoms with Crippen molar-refractivity contribution in [1.82, 2.24) is 19.4 Å². The number of carbonyl (C=O) groups excluding carboxylic acids is 1. The Morgan fingerprint density at radius 3 is 2.45 bits per heavy atom. The molecule has 3 rings (SSSR count). The minimum Gasteiger partial charge on any atom is -0.338 e. The smallest absolute Gasteiger partial charge is 0.317 e. The fourth-order valence-electron chi connectivity index (χ4n) is 3.54. The summed E-state index contributed by atoms with van der Waals surface area (Å²) in [5.74, 6) is 0. The minimum atomic E-state index is -3.60. The molecule has 1 fully saturated rings. The van der Waals surface area contributed by atoms with E-state index in [4.69, 9.17) is 11.6 Å². The van der Waals surface area contributed by atoms with Crippen molar-refractivity contribution >= 4 is 27.7 Å². The van der Waals surface area contributed by atoms with E-state index in [1.807, 2.05) is 18.2 Å². The molecule has 2 aromatic carbocycles. The van der Waals surface area contributed by atoms with Gasteiger partial charge in [0.25, 0.3) is 0 Å². The molecular weight excluding hydrogens is 436 g/mol. The van der Waals surface area contributed by atoms with E-state index >= 15 is 0 Å². The monoisotopic (exact) mass is 464 g/mol. The molecule has 0 aromatic heterocycles. The van der Waals surface area contributed by atoms with E-state index in [1.54, 1.807) is 17.0 Å². The summed E-state index contributed by atoms with van der Waals surface area (Å²) in [6.07, 6.45) is 0.845. The highest BCUT2D eigenvalue weighted by Gasteiger charge is 2.30. The summed E-state index contributed by atoms with van der Waals surface area (Å²) >= 11 is 5.93. The van der Waals surface area contributed by atoms with Crippen molar-refractivity contribution < 1.29 is 13.2 Å². The topological polar surface area (TPSA) is 73.0 Å². The van der Waals surface area contributed by atoms with E-state index in [-0.39, 0.29) is 24.0 Å². The minimum absolute atomic E-state index is 0.148. The van der Waals surface area contributed by atoms with Gasteiger partial charge in [0.15, 0.2) is 0 Å². The Morgan fingerprint density at radius 2 is 1.77 bits per heavy atom. The van der Waals surface area contributed by atoms with Crippen molar-refractivity contribution in [2.75, 3.05) is 46.3 Å². The van der Waals surface area contributed by atoms with Gasteiger partial charge in [0, 0.05) is 44.3 Å². The van der Waals surface area contributed by atoms with Crippen LogP contribution in [0, 0.1) is 0 Å². The highest BCUT2D eigenvalue weighted by atomic mass is 35.5. The van der Waals surface area contributed by atoms with Crippen LogP contribution in [0.25, 0.3) is 0 Å². The largest absolute Gasteiger partial charge is 0.338 e. The fourth-order valence-corrected chi connectivity index (χ4v) is 5.26. The lowest BCUT2D eigenvalue weighted by atomic mass is 10.2. The molecule has 2 amide bonds. The lowest BCUT2D eigenvalue weighted by molar-refractivity contribution is 0.172. The number of carbonyl (C=O) groups is 1. The number of nitrogens with one attached hydrogen (secondary N) is 1. The van der Waals surface area contributed by atoms with Crippen LogP contribution in [0.2, 0.25) is 5.02 Å². The molecule has 0 bridgehead atoms. The molecule has 0 unspecified atom stereocenters. The maximum atomic E-state index is 12.8. The Hall–Kier alpha value is -2.13. The Balaban J connectivity index is 1.38. The number of amides is 2. The molecule has 0 spiro atoms. The molecule has 9 heteroatoms. The van der Waals surface area contributed by atoms with E-state index < -0.39 is 10.0 Å². The Morgan fingerprint density at radius 1 is 1.06 bits per heavy atom. The summed E-state index contributed by atoms with van der Waals surface area (Å²) in [5.41, 5.74) is 1.26. The molecule has 168 valence electrons. The van der Waals surface area contributed by atoms with Gasteiger partial charge in [-0.3, -0.25) is 0 Å². The van der Waals surface area contributed by atoms with Gasteiger partial charge in [-0.2, -0.15) is 4.31 Å². The van der Waals surface area contributed by atoms with Crippen LogP contribution in [0.1, 0.15) is 12.0 Å². The molecule has 1 aliphatic rings. The molecule has 0 saturated carbocycles. The fraction of sp³-hybridized carbons (Fsp3) is 0.409. The molecule has 31 heavy (non-hydrogen) atoms. The van der Waals surface area contributed by atoms with Gasteiger partial charge in [-0.1, -0.05) is 48.0 Å². The molecule has 1 saturated heterocycles. The summed E-state index contributed by atoms with van der Waals surface area (Å²) in [5, 5.41) is 3.32. The molecule has 1 aliphatic heterocycles. The second kappa shape index (κ2) is 10.9. The van der Waals surface area contributed by atoms with Crippen molar-refractivity contribution in [3.63, 3.8) is 0 Å². The molecule has 2 aromatic rings. The van der Waals surface area contributed by atoms with Crippen molar-refractivity contribution in [2.45, 2.75) is 17.9 Å². The zero-order valence-corrected chi connectivity index (χ0v) is 19.3. The standard InChI is InChI=1S/C22H29ClN4O3S/c1-25(18-19-7-3-2-4-8-19)12-6-11-24-22(28)26-13-15-27(16-14-26)31(29,30)21-10-5-9-20(23)17-21/h2-5,7-10,17H,6,11-16,18H2,1H3,(H,24,28). The van der Waals surface area contributed by atoms with E-state index in [2.05, 4.69) is 29.4 Å². The third kappa shape index (κ3) is 6.67. The molecular formula is C22H29ClN4O3S. The van der Waals surface area contributed by atoms with Gasteiger partial charge in [-0.25, -0.2) is 13.2 Å². The number of hydrogen-bond acceptors (Lipinski definition) is 4. The van der Waals surface area contributed by atoms with Crippen LogP contribution in [0.4, 0.5) is 4.79 Å². The molecule has 7 nitrogen and oxygen atoms in total. The Labute approximate surface area is 189 Å². The van der Waals surface area contributed by atoms with Gasteiger partial charge in [0.05, 0.1) is 4.90 Å². The summed E-state index contributed by atoms with van der Waals surface area (Å²) in [4.78, 5) is 16.5. The van der Waals surface area contributed by atoms with E-state index in [0.29, 0.717) is 24.7 Å². The first-order valence-corrected chi connectivity index (χ1v) is 12.2. The van der Waals surface area contributed by atoms with E-state index in [9.17, 15) is 13.2 Å². The molecule has 0 atom stereocenters. The zero-order valence-electron chi connectivity index (χ0n) is 17.7. The van der Waals surface area contributed by atoms with Crippen LogP contribution in [-0.4, -0.2) is 74.9 Å². The van der Waals surface area contributed by atoms with Crippen LogP contribution in [0.15, 0.2) is 59.5 Å². The number of piperazine rings is 1. The lowest BCUT2D eigenvalue weighted by Gasteiger charge is -2.34. The van der Waals surface area contributed by atoms with Gasteiger partial charge < -0.3 is 15.1 Å². The lowest BCUT2D eigenvalue weighted by Crippen LogP contribution is -2.53. The van der Waals surface area contributed by atoms with Crippen molar-refractivity contribution in [3.05, 3.63) is 65.2 Å². The van der Waals surface area contributed by atoms with Gasteiger partial charge in [-0.15, -0.1) is 0 Å². The predicted molar refractivity (Wildman–Crippen MR) is 123 cm³/mol. The first-order valence-electron chi connectivity index (χ1n) is 10.4. The maximum absolute atomic E-state index is 12.8. The van der Waals surface area contributed by atoms with E-state index in [1.165, 1.54) is 22.0 Å². The number of urea groups is 1. The summed E-state index contributed by atoms with van der Waals surface area (Å²) in [7, 11) is -1.54. The van der Waals surface area contributed by atoms with Gasteiger partial charge in [0.2, 0.25) is 10.0 Å². The highest BCUT2D eigenvalue weighted by Crippen LogP contribution is 2.20. The van der Waals surface area contributed by atoms with Crippen molar-refractivity contribution in [1.29, 1.82) is 0 Å². The second-order valence-corrected chi connectivity index (χ2v) is 10.0. The number of sulfonamides is 1. The van der Waals surface area contributed by atoms with Gasteiger partial charge in [0.1, 0.15) is 0 Å². The molecule has 0 radical (unpaired) electrons. The quantitative estimate of drug-likeness (QED) is 0.610. The van der Waals surface area contributed by atoms with Gasteiger partial charge >= 0.3 is 6.03 Å². The normalized spacial score (nSPS) is 15.3. The zero-order chi connectivity index (χ0) is 22.3. The average Bonchev–Trinajstić information content (AvgIpc) is 2.77. The number of benzene rings is 2. The van der Waals surface area contributed by atoms with Crippen LogP contribution in [-0.2, 0) is 16.6 Å². The third-order valence-corrected chi connectivity index (χ3v) is 7.38. The predicted octanol–water partition coefficient (Wildman–Crippen LogP) is 2.88. The molecule has 0 aliphatic carbocycles. The van der Waals surface area contributed by atoms with E-state index in [0.717, 1.165) is 19.5 Å². The molecule has 1 N–H and O–H groups in total. The maximum Gasteiger partial charge on any atom is 0.317 e. The number of hydrogen-bond donors (Lipinski definition) is 1. The second-order valence-electron chi connectivity index (χ2n) is 7.66. The van der Waals surface area contributed by atoms with Crippen molar-refractivity contribution in [3.8, 4) is 0 Å². The average molecular weight is 465 g/mol. The Bertz CT molecular complexity index is 964. The summed E-state index contributed by atoms with van der Waals surface area (Å²) in [6.45, 7) is 3.58. The van der Waals surface area contributed by atoms with Crippen molar-refractivity contribution in [2.24, 2.45) is 0 Å². The Kier molecular flexibility index (Phi) is 8.31. The highest BCUT2D eigenvalue weighted by molar-refractivity contribution is 7.89. The van der Waals surface area contributed by atoms with Crippen LogP contribution >= 0.6 is 11.6 Å². The number of rotatable bonds is 8. The number of halogens is 1. The summed E-state index contributed by atoms with van der Waals surface area (Å²) < 4.78 is 26.9. The molecule has 1 heterocycles. The summed E-state index contributed by atoms with van der Waals surface area (Å²) in [6, 6.07) is 16.4.